The van der Waals surface area contributed by atoms with Gasteiger partial charge >= 0.3 is 5.97 Å². The van der Waals surface area contributed by atoms with E-state index in [1.54, 1.807) is 19.5 Å². The van der Waals surface area contributed by atoms with Crippen LogP contribution in [0.4, 0.5) is 0 Å². The third-order valence-corrected chi connectivity index (χ3v) is 4.37. The van der Waals surface area contributed by atoms with Crippen LogP contribution in [0.3, 0.4) is 0 Å². The first kappa shape index (κ1) is 14.8. The van der Waals surface area contributed by atoms with Crippen molar-refractivity contribution >= 4 is 5.97 Å². The number of hydrogen-bond acceptors (Lipinski definition) is 3. The Bertz CT molecular complexity index is 461. The van der Waals surface area contributed by atoms with Gasteiger partial charge in [-0.05, 0) is 42.7 Å². The van der Waals surface area contributed by atoms with E-state index >= 15 is 0 Å². The van der Waals surface area contributed by atoms with Crippen molar-refractivity contribution in [2.75, 3.05) is 7.11 Å². The average Bonchev–Trinajstić information content (AvgIpc) is 2.47. The molecule has 1 N–H and O–H groups in total. The van der Waals surface area contributed by atoms with Gasteiger partial charge in [0.25, 0.3) is 0 Å². The topological polar surface area (TPSA) is 59.4 Å². The number of rotatable bonds is 5. The van der Waals surface area contributed by atoms with Gasteiger partial charge in [0.1, 0.15) is 5.75 Å². The van der Waals surface area contributed by atoms with Gasteiger partial charge in [0, 0.05) is 6.20 Å². The Kier molecular flexibility index (Phi) is 4.99. The molecule has 1 aromatic heterocycles. The summed E-state index contributed by atoms with van der Waals surface area (Å²) in [5.74, 6) is 0.404. The van der Waals surface area contributed by atoms with Crippen molar-refractivity contribution in [1.29, 1.82) is 0 Å². The van der Waals surface area contributed by atoms with Crippen molar-refractivity contribution < 1.29 is 14.6 Å². The predicted molar refractivity (Wildman–Crippen MR) is 76.9 cm³/mol. The largest absolute Gasteiger partial charge is 0.495 e. The zero-order chi connectivity index (χ0) is 14.5. The zero-order valence-electron chi connectivity index (χ0n) is 12.2. The van der Waals surface area contributed by atoms with Crippen LogP contribution in [-0.4, -0.2) is 23.2 Å². The van der Waals surface area contributed by atoms with Crippen LogP contribution in [0, 0.1) is 11.8 Å². The molecule has 0 aliphatic heterocycles. The monoisotopic (exact) mass is 277 g/mol. The number of methoxy groups -OCH3 is 1. The molecule has 1 aliphatic rings. The fourth-order valence-corrected chi connectivity index (χ4v) is 3.34. The van der Waals surface area contributed by atoms with Gasteiger partial charge in [0.2, 0.25) is 0 Å². The summed E-state index contributed by atoms with van der Waals surface area (Å²) in [5.41, 5.74) is 0.998. The van der Waals surface area contributed by atoms with Crippen molar-refractivity contribution in [3.8, 4) is 5.75 Å². The Labute approximate surface area is 120 Å². The first-order valence-electron chi connectivity index (χ1n) is 7.37. The van der Waals surface area contributed by atoms with Crippen molar-refractivity contribution in [3.05, 3.63) is 24.0 Å². The zero-order valence-corrected chi connectivity index (χ0v) is 12.2. The van der Waals surface area contributed by atoms with E-state index in [2.05, 4.69) is 11.9 Å². The van der Waals surface area contributed by atoms with Crippen LogP contribution in [0.2, 0.25) is 0 Å². The molecule has 0 spiro atoms. The van der Waals surface area contributed by atoms with Crippen LogP contribution in [0.15, 0.2) is 18.5 Å². The maximum atomic E-state index is 11.5. The summed E-state index contributed by atoms with van der Waals surface area (Å²) < 4.78 is 5.21. The Morgan fingerprint density at radius 3 is 2.90 bits per heavy atom. The second-order valence-corrected chi connectivity index (χ2v) is 5.68. The van der Waals surface area contributed by atoms with Crippen molar-refractivity contribution in [1.82, 2.24) is 4.98 Å². The van der Waals surface area contributed by atoms with E-state index in [0.717, 1.165) is 31.2 Å². The van der Waals surface area contributed by atoms with Gasteiger partial charge in [-0.15, -0.1) is 0 Å². The minimum absolute atomic E-state index is 0.0559. The van der Waals surface area contributed by atoms with Crippen molar-refractivity contribution in [3.63, 3.8) is 0 Å². The van der Waals surface area contributed by atoms with E-state index in [9.17, 15) is 9.90 Å². The molecule has 0 amide bonds. The molecule has 3 unspecified atom stereocenters. The van der Waals surface area contributed by atoms with Crippen molar-refractivity contribution in [2.24, 2.45) is 11.8 Å². The summed E-state index contributed by atoms with van der Waals surface area (Å²) in [4.78, 5) is 15.7. The lowest BCUT2D eigenvalue weighted by atomic mass is 9.70. The SMILES string of the molecule is CCCC1CCC(C(=O)O)C(c2cncc(OC)c2)C1. The Morgan fingerprint density at radius 2 is 2.25 bits per heavy atom. The molecular weight excluding hydrogens is 254 g/mol. The quantitative estimate of drug-likeness (QED) is 0.895. The summed E-state index contributed by atoms with van der Waals surface area (Å²) in [7, 11) is 1.61. The van der Waals surface area contributed by atoms with Gasteiger partial charge in [-0.25, -0.2) is 0 Å². The molecule has 4 heteroatoms. The number of hydrogen-bond donors (Lipinski definition) is 1. The number of nitrogens with zero attached hydrogens (tertiary/aromatic N) is 1. The molecule has 1 aliphatic carbocycles. The lowest BCUT2D eigenvalue weighted by Crippen LogP contribution is -2.29. The maximum Gasteiger partial charge on any atom is 0.307 e. The van der Waals surface area contributed by atoms with Gasteiger partial charge in [-0.2, -0.15) is 0 Å². The Morgan fingerprint density at radius 1 is 1.45 bits per heavy atom. The second-order valence-electron chi connectivity index (χ2n) is 5.68. The Balaban J connectivity index is 2.23. The summed E-state index contributed by atoms with van der Waals surface area (Å²) >= 11 is 0. The number of aromatic nitrogens is 1. The van der Waals surface area contributed by atoms with Gasteiger partial charge < -0.3 is 9.84 Å². The highest BCUT2D eigenvalue weighted by Gasteiger charge is 2.35. The fraction of sp³-hybridized carbons (Fsp3) is 0.625. The maximum absolute atomic E-state index is 11.5. The van der Waals surface area contributed by atoms with E-state index < -0.39 is 5.97 Å². The molecular formula is C16H23NO3. The summed E-state index contributed by atoms with van der Waals surface area (Å²) in [6.07, 6.45) is 8.52. The van der Waals surface area contributed by atoms with Crippen LogP contribution in [0.25, 0.3) is 0 Å². The van der Waals surface area contributed by atoms with Gasteiger partial charge in [-0.3, -0.25) is 9.78 Å². The van der Waals surface area contributed by atoms with E-state index in [4.69, 9.17) is 4.74 Å². The van der Waals surface area contributed by atoms with Crippen LogP contribution in [0.5, 0.6) is 5.75 Å². The lowest BCUT2D eigenvalue weighted by Gasteiger charge is -2.34. The minimum atomic E-state index is -0.687. The number of pyridine rings is 1. The number of aliphatic carboxylic acids is 1. The highest BCUT2D eigenvalue weighted by molar-refractivity contribution is 5.71. The molecule has 1 saturated carbocycles. The molecule has 110 valence electrons. The highest BCUT2D eigenvalue weighted by atomic mass is 16.5. The molecule has 1 aromatic rings. The third-order valence-electron chi connectivity index (χ3n) is 4.37. The van der Waals surface area contributed by atoms with Gasteiger partial charge in [-0.1, -0.05) is 19.8 Å². The molecule has 0 radical (unpaired) electrons. The third kappa shape index (κ3) is 3.30. The predicted octanol–water partition coefficient (Wildman–Crippen LogP) is 3.47. The Hall–Kier alpha value is -1.58. The summed E-state index contributed by atoms with van der Waals surface area (Å²) in [6.45, 7) is 2.19. The first-order valence-corrected chi connectivity index (χ1v) is 7.37. The average molecular weight is 277 g/mol. The molecule has 0 aromatic carbocycles. The molecule has 20 heavy (non-hydrogen) atoms. The van der Waals surface area contributed by atoms with E-state index in [1.165, 1.54) is 6.42 Å². The number of carboxylic acids is 1. The smallest absolute Gasteiger partial charge is 0.307 e. The van der Waals surface area contributed by atoms with Gasteiger partial charge in [0.05, 0.1) is 19.2 Å². The van der Waals surface area contributed by atoms with Crippen LogP contribution in [0.1, 0.15) is 50.5 Å². The number of carboxylic acid groups (broad SMARTS) is 1. The number of carbonyl (C=O) groups is 1. The molecule has 1 heterocycles. The highest BCUT2D eigenvalue weighted by Crippen LogP contribution is 2.42. The van der Waals surface area contributed by atoms with Gasteiger partial charge in [0.15, 0.2) is 0 Å². The minimum Gasteiger partial charge on any atom is -0.495 e. The van der Waals surface area contributed by atoms with E-state index in [-0.39, 0.29) is 11.8 Å². The van der Waals surface area contributed by atoms with E-state index in [0.29, 0.717) is 11.7 Å². The van der Waals surface area contributed by atoms with Crippen molar-refractivity contribution in [2.45, 2.75) is 44.9 Å². The van der Waals surface area contributed by atoms with E-state index in [1.807, 2.05) is 6.07 Å². The standard InChI is InChI=1S/C16H23NO3/c1-3-4-11-5-6-14(16(18)19)15(7-11)12-8-13(20-2)10-17-9-12/h8-11,14-15H,3-7H2,1-2H3,(H,18,19). The molecule has 3 atom stereocenters. The molecule has 0 saturated heterocycles. The fourth-order valence-electron chi connectivity index (χ4n) is 3.34. The number of ether oxygens (including phenoxy) is 1. The molecule has 4 nitrogen and oxygen atoms in total. The van der Waals surface area contributed by atoms with Crippen LogP contribution in [-0.2, 0) is 4.79 Å². The second kappa shape index (κ2) is 6.73. The summed E-state index contributed by atoms with van der Waals surface area (Å²) in [6, 6.07) is 1.93. The lowest BCUT2D eigenvalue weighted by molar-refractivity contribution is -0.143. The van der Waals surface area contributed by atoms with Crippen LogP contribution >= 0.6 is 0 Å². The summed E-state index contributed by atoms with van der Waals surface area (Å²) in [5, 5.41) is 9.46. The molecule has 1 fully saturated rings. The first-order chi connectivity index (χ1) is 9.65. The molecule has 0 bridgehead atoms. The van der Waals surface area contributed by atoms with Crippen LogP contribution < -0.4 is 4.74 Å². The normalized spacial score (nSPS) is 26.2. The molecule has 2 rings (SSSR count).